The lowest BCUT2D eigenvalue weighted by molar-refractivity contribution is -0.121. The van der Waals surface area contributed by atoms with Gasteiger partial charge in [0.25, 0.3) is 5.91 Å². The standard InChI is InChI=1S/C16H19N3O2/c1-11-10-13(7-6-12(11)4-2-8-17)16(21)19-9-3-5-14(19)15(18)20/h6-7,10,14H,3,5,8-9,17H2,1H3,(H2,18,20). The van der Waals surface area contributed by atoms with E-state index in [0.29, 0.717) is 25.1 Å². The van der Waals surface area contributed by atoms with E-state index in [1.54, 1.807) is 23.1 Å². The Morgan fingerprint density at radius 2 is 2.19 bits per heavy atom. The van der Waals surface area contributed by atoms with Gasteiger partial charge in [-0.25, -0.2) is 0 Å². The first-order valence-electron chi connectivity index (χ1n) is 6.94. The van der Waals surface area contributed by atoms with Crippen LogP contribution in [0.2, 0.25) is 0 Å². The second-order valence-electron chi connectivity index (χ2n) is 5.09. The highest BCUT2D eigenvalue weighted by Crippen LogP contribution is 2.21. The maximum atomic E-state index is 12.5. The molecule has 1 aromatic rings. The number of nitrogens with zero attached hydrogens (tertiary/aromatic N) is 1. The molecule has 0 spiro atoms. The van der Waals surface area contributed by atoms with Gasteiger partial charge in [-0.3, -0.25) is 9.59 Å². The van der Waals surface area contributed by atoms with Gasteiger partial charge in [0.2, 0.25) is 5.91 Å². The molecule has 21 heavy (non-hydrogen) atoms. The third-order valence-corrected chi connectivity index (χ3v) is 3.64. The predicted octanol–water partition coefficient (Wildman–Crippen LogP) is 0.395. The molecule has 1 saturated heterocycles. The minimum absolute atomic E-state index is 0.155. The van der Waals surface area contributed by atoms with E-state index in [4.69, 9.17) is 11.5 Å². The Kier molecular flexibility index (Phi) is 4.61. The van der Waals surface area contributed by atoms with Crippen LogP contribution in [0.15, 0.2) is 18.2 Å². The molecule has 0 saturated carbocycles. The van der Waals surface area contributed by atoms with Crippen LogP contribution in [-0.4, -0.2) is 35.8 Å². The summed E-state index contributed by atoms with van der Waals surface area (Å²) in [6.45, 7) is 2.77. The van der Waals surface area contributed by atoms with E-state index in [2.05, 4.69) is 11.8 Å². The summed E-state index contributed by atoms with van der Waals surface area (Å²) >= 11 is 0. The summed E-state index contributed by atoms with van der Waals surface area (Å²) in [5, 5.41) is 0. The molecule has 1 aromatic carbocycles. The number of hydrogen-bond acceptors (Lipinski definition) is 3. The van der Waals surface area contributed by atoms with Crippen molar-refractivity contribution in [1.29, 1.82) is 0 Å². The minimum Gasteiger partial charge on any atom is -0.368 e. The number of rotatable bonds is 2. The fraction of sp³-hybridized carbons (Fsp3) is 0.375. The molecular weight excluding hydrogens is 266 g/mol. The van der Waals surface area contributed by atoms with Gasteiger partial charge in [0.1, 0.15) is 6.04 Å². The maximum Gasteiger partial charge on any atom is 0.254 e. The number of aryl methyl sites for hydroxylation is 1. The fourth-order valence-corrected chi connectivity index (χ4v) is 2.55. The zero-order valence-corrected chi connectivity index (χ0v) is 12.1. The Morgan fingerprint density at radius 3 is 2.81 bits per heavy atom. The summed E-state index contributed by atoms with van der Waals surface area (Å²) in [7, 11) is 0. The van der Waals surface area contributed by atoms with Gasteiger partial charge in [0.05, 0.1) is 6.54 Å². The van der Waals surface area contributed by atoms with E-state index >= 15 is 0 Å². The normalized spacial score (nSPS) is 17.2. The van der Waals surface area contributed by atoms with Gasteiger partial charge < -0.3 is 16.4 Å². The maximum absolute atomic E-state index is 12.5. The van der Waals surface area contributed by atoms with E-state index in [9.17, 15) is 9.59 Å². The van der Waals surface area contributed by atoms with Crippen molar-refractivity contribution in [2.45, 2.75) is 25.8 Å². The van der Waals surface area contributed by atoms with Crippen molar-refractivity contribution in [2.75, 3.05) is 13.1 Å². The Morgan fingerprint density at radius 1 is 1.43 bits per heavy atom. The quantitative estimate of drug-likeness (QED) is 0.771. The highest BCUT2D eigenvalue weighted by atomic mass is 16.2. The highest BCUT2D eigenvalue weighted by molar-refractivity contribution is 5.98. The molecule has 1 unspecified atom stereocenters. The van der Waals surface area contributed by atoms with E-state index in [1.165, 1.54) is 0 Å². The minimum atomic E-state index is -0.491. The number of primary amides is 1. The molecular formula is C16H19N3O2. The molecule has 1 aliphatic heterocycles. The Hall–Kier alpha value is -2.32. The zero-order valence-electron chi connectivity index (χ0n) is 12.1. The number of hydrogen-bond donors (Lipinski definition) is 2. The number of amides is 2. The van der Waals surface area contributed by atoms with Crippen LogP contribution in [0, 0.1) is 18.8 Å². The lowest BCUT2D eigenvalue weighted by atomic mass is 10.0. The van der Waals surface area contributed by atoms with Gasteiger partial charge in [0, 0.05) is 17.7 Å². The smallest absolute Gasteiger partial charge is 0.254 e. The average molecular weight is 285 g/mol. The van der Waals surface area contributed by atoms with Crippen molar-refractivity contribution in [3.63, 3.8) is 0 Å². The van der Waals surface area contributed by atoms with Gasteiger partial charge >= 0.3 is 0 Å². The van der Waals surface area contributed by atoms with Gasteiger partial charge in [-0.2, -0.15) is 0 Å². The largest absolute Gasteiger partial charge is 0.368 e. The first-order valence-corrected chi connectivity index (χ1v) is 6.94. The van der Waals surface area contributed by atoms with E-state index in [0.717, 1.165) is 17.5 Å². The topological polar surface area (TPSA) is 89.4 Å². The SMILES string of the molecule is Cc1cc(C(=O)N2CCCC2C(N)=O)ccc1C#CCN. The molecule has 0 bridgehead atoms. The molecule has 2 rings (SSSR count). The van der Waals surface area contributed by atoms with Crippen LogP contribution in [0.1, 0.15) is 34.3 Å². The Balaban J connectivity index is 2.24. The number of likely N-dealkylation sites (tertiary alicyclic amines) is 1. The molecule has 4 N–H and O–H groups in total. The van der Waals surface area contributed by atoms with E-state index in [-0.39, 0.29) is 5.91 Å². The third kappa shape index (κ3) is 3.23. The monoisotopic (exact) mass is 285 g/mol. The molecule has 5 nitrogen and oxygen atoms in total. The molecule has 0 aliphatic carbocycles. The number of carbonyl (C=O) groups is 2. The summed E-state index contributed by atoms with van der Waals surface area (Å²) in [5.41, 5.74) is 13.0. The average Bonchev–Trinajstić information content (AvgIpc) is 2.94. The molecule has 1 heterocycles. The van der Waals surface area contributed by atoms with Crippen molar-refractivity contribution >= 4 is 11.8 Å². The van der Waals surface area contributed by atoms with Gasteiger partial charge in [-0.15, -0.1) is 0 Å². The number of benzene rings is 1. The number of carbonyl (C=O) groups excluding carboxylic acids is 2. The van der Waals surface area contributed by atoms with Crippen LogP contribution >= 0.6 is 0 Å². The molecule has 1 atom stereocenters. The molecule has 1 fully saturated rings. The fourth-order valence-electron chi connectivity index (χ4n) is 2.55. The van der Waals surface area contributed by atoms with Crippen LogP contribution in [0.3, 0.4) is 0 Å². The third-order valence-electron chi connectivity index (χ3n) is 3.64. The van der Waals surface area contributed by atoms with Crippen LogP contribution in [0.4, 0.5) is 0 Å². The molecule has 2 amide bonds. The second-order valence-corrected chi connectivity index (χ2v) is 5.09. The van der Waals surface area contributed by atoms with Crippen molar-refractivity contribution < 1.29 is 9.59 Å². The van der Waals surface area contributed by atoms with Crippen molar-refractivity contribution in [1.82, 2.24) is 4.90 Å². The summed E-state index contributed by atoms with van der Waals surface area (Å²) in [5.74, 6) is 5.16. The lowest BCUT2D eigenvalue weighted by Gasteiger charge is -2.22. The summed E-state index contributed by atoms with van der Waals surface area (Å²) < 4.78 is 0. The summed E-state index contributed by atoms with van der Waals surface area (Å²) in [4.78, 5) is 25.4. The highest BCUT2D eigenvalue weighted by Gasteiger charge is 2.33. The Bertz CT molecular complexity index is 628. The second kappa shape index (κ2) is 6.42. The molecule has 5 heteroatoms. The molecule has 0 radical (unpaired) electrons. The van der Waals surface area contributed by atoms with Gasteiger partial charge in [0.15, 0.2) is 0 Å². The van der Waals surface area contributed by atoms with E-state index in [1.807, 2.05) is 6.92 Å². The van der Waals surface area contributed by atoms with Crippen LogP contribution in [0.5, 0.6) is 0 Å². The van der Waals surface area contributed by atoms with Gasteiger partial charge in [-0.05, 0) is 43.5 Å². The molecule has 1 aliphatic rings. The van der Waals surface area contributed by atoms with Crippen LogP contribution in [-0.2, 0) is 4.79 Å². The molecule has 110 valence electrons. The van der Waals surface area contributed by atoms with Crippen LogP contribution in [0.25, 0.3) is 0 Å². The van der Waals surface area contributed by atoms with Crippen molar-refractivity contribution in [3.8, 4) is 11.8 Å². The van der Waals surface area contributed by atoms with Gasteiger partial charge in [-0.1, -0.05) is 11.8 Å². The predicted molar refractivity (Wildman–Crippen MR) is 80.4 cm³/mol. The first kappa shape index (κ1) is 15.1. The van der Waals surface area contributed by atoms with Crippen molar-refractivity contribution in [3.05, 3.63) is 34.9 Å². The first-order chi connectivity index (χ1) is 10.0. The summed E-state index contributed by atoms with van der Waals surface area (Å²) in [6.07, 6.45) is 1.44. The summed E-state index contributed by atoms with van der Waals surface area (Å²) in [6, 6.07) is 4.83. The lowest BCUT2D eigenvalue weighted by Crippen LogP contribution is -2.43. The zero-order chi connectivity index (χ0) is 15.4. The van der Waals surface area contributed by atoms with Crippen molar-refractivity contribution in [2.24, 2.45) is 11.5 Å². The van der Waals surface area contributed by atoms with Crippen LogP contribution < -0.4 is 11.5 Å². The number of nitrogens with two attached hydrogens (primary N) is 2. The van der Waals surface area contributed by atoms with E-state index < -0.39 is 11.9 Å². The molecule has 0 aromatic heterocycles. The Labute approximate surface area is 124 Å².